The lowest BCUT2D eigenvalue weighted by atomic mass is 10.4. The fraction of sp³-hybridized carbons (Fsp3) is 0.800. The van der Waals surface area contributed by atoms with Gasteiger partial charge in [0.05, 0.1) is 19.0 Å². The average molecular weight is 162 g/mol. The van der Waals surface area contributed by atoms with Crippen molar-refractivity contribution in [2.75, 3.05) is 12.9 Å². The molecule has 1 atom stereocenters. The van der Waals surface area contributed by atoms with Crippen LogP contribution in [0.25, 0.3) is 0 Å². The van der Waals surface area contributed by atoms with Crippen LogP contribution in [0.2, 0.25) is 0 Å². The first-order chi connectivity index (χ1) is 4.81. The highest BCUT2D eigenvalue weighted by molar-refractivity contribution is 7.23. The summed E-state index contributed by atoms with van der Waals surface area (Å²) in [6.45, 7) is 2.37. The minimum Gasteiger partial charge on any atom is -0.390 e. The predicted octanol–water partition coefficient (Wildman–Crippen LogP) is 0.628. The Morgan fingerprint density at radius 1 is 1.90 bits per heavy atom. The Balaban J connectivity index is 3.24. The van der Waals surface area contributed by atoms with Crippen LogP contribution in [0.15, 0.2) is 4.99 Å². The molecule has 0 aliphatic heterocycles. The van der Waals surface area contributed by atoms with Gasteiger partial charge in [0.25, 0.3) is 0 Å². The summed E-state index contributed by atoms with van der Waals surface area (Å²) < 4.78 is 14.9. The zero-order valence-corrected chi connectivity index (χ0v) is 6.75. The molecule has 58 valence electrons. The normalized spacial score (nSPS) is 14.5. The van der Waals surface area contributed by atoms with Crippen molar-refractivity contribution in [1.82, 2.24) is 0 Å². The van der Waals surface area contributed by atoms with Gasteiger partial charge in [0.1, 0.15) is 6.35 Å². The summed E-state index contributed by atoms with van der Waals surface area (Å²) in [5, 5.41) is 0. The Kier molecular flexibility index (Phi) is 6.33. The van der Waals surface area contributed by atoms with Crippen LogP contribution in [0.3, 0.4) is 0 Å². The predicted molar refractivity (Wildman–Crippen MR) is 40.6 cm³/mol. The van der Waals surface area contributed by atoms with Crippen LogP contribution in [-0.4, -0.2) is 25.3 Å². The molecule has 0 amide bonds. The van der Waals surface area contributed by atoms with Gasteiger partial charge in [-0.05, 0) is 6.92 Å². The van der Waals surface area contributed by atoms with Gasteiger partial charge in [0.15, 0.2) is 8.46 Å². The van der Waals surface area contributed by atoms with E-state index in [1.165, 1.54) is 6.34 Å². The number of rotatable bonds is 5. The quantitative estimate of drug-likeness (QED) is 0.366. The molecular weight excluding hydrogens is 151 g/mol. The first kappa shape index (κ1) is 9.53. The number of hydrogen-bond acceptors (Lipinski definition) is 3. The maximum absolute atomic E-state index is 9.89. The molecule has 0 aromatic carbocycles. The van der Waals surface area contributed by atoms with E-state index in [-0.39, 0.29) is 20.9 Å². The lowest BCUT2D eigenvalue weighted by Crippen LogP contribution is -2.11. The second kappa shape index (κ2) is 6.65. The topological polar surface area (TPSA) is 64.7 Å². The van der Waals surface area contributed by atoms with Crippen LogP contribution < -0.4 is 5.73 Å². The van der Waals surface area contributed by atoms with Crippen molar-refractivity contribution in [2.24, 2.45) is 10.7 Å². The lowest BCUT2D eigenvalue weighted by molar-refractivity contribution is 0.110. The lowest BCUT2D eigenvalue weighted by Gasteiger charge is -2.05. The van der Waals surface area contributed by atoms with Crippen LogP contribution in [0, 0.1) is 0 Å². The van der Waals surface area contributed by atoms with Gasteiger partial charge in [-0.3, -0.25) is 9.56 Å². The molecule has 0 aromatic heterocycles. The van der Waals surface area contributed by atoms with Gasteiger partial charge >= 0.3 is 0 Å². The summed E-state index contributed by atoms with van der Waals surface area (Å²) in [5.74, 6) is 0. The monoisotopic (exact) mass is 162 g/mol. The molecule has 0 aromatic rings. The van der Waals surface area contributed by atoms with Crippen LogP contribution in [-0.2, 0) is 9.30 Å². The summed E-state index contributed by atoms with van der Waals surface area (Å²) in [7, 11) is 0.00420. The van der Waals surface area contributed by atoms with Gasteiger partial charge < -0.3 is 10.5 Å². The summed E-state index contributed by atoms with van der Waals surface area (Å²) in [6.07, 6.45) is 1.44. The van der Waals surface area contributed by atoms with E-state index in [9.17, 15) is 4.57 Å². The Hall–Kier alpha value is -0.470. The Bertz CT molecular complexity index is 118. The summed E-state index contributed by atoms with van der Waals surface area (Å²) in [4.78, 5) is 3.75. The molecule has 0 spiro atoms. The molecule has 0 bridgehead atoms. The minimum absolute atomic E-state index is 0.00420. The number of nitrogens with two attached hydrogens (primary N) is 1. The molecule has 10 heavy (non-hydrogen) atoms. The van der Waals surface area contributed by atoms with Crippen molar-refractivity contribution in [1.29, 1.82) is 0 Å². The van der Waals surface area contributed by atoms with Crippen molar-refractivity contribution in [2.45, 2.75) is 13.0 Å². The summed E-state index contributed by atoms with van der Waals surface area (Å²) in [5.41, 5.74) is 4.99. The third kappa shape index (κ3) is 5.66. The SMILES string of the molecule is C[C@H](CN=CN)OCP=O. The van der Waals surface area contributed by atoms with Crippen LogP contribution >= 0.6 is 8.46 Å². The summed E-state index contributed by atoms with van der Waals surface area (Å²) in [6, 6.07) is 0. The second-order valence-corrected chi connectivity index (χ2v) is 2.27. The number of nitrogens with zero attached hydrogens (tertiary/aromatic N) is 1. The van der Waals surface area contributed by atoms with E-state index >= 15 is 0 Å². The van der Waals surface area contributed by atoms with Crippen molar-refractivity contribution in [3.63, 3.8) is 0 Å². The molecule has 4 nitrogen and oxygen atoms in total. The molecule has 0 rings (SSSR count). The van der Waals surface area contributed by atoms with Crippen LogP contribution in [0.4, 0.5) is 0 Å². The van der Waals surface area contributed by atoms with E-state index < -0.39 is 0 Å². The molecule has 2 N–H and O–H groups in total. The summed E-state index contributed by atoms with van der Waals surface area (Å²) >= 11 is 0. The van der Waals surface area contributed by atoms with Gasteiger partial charge in [0.2, 0.25) is 0 Å². The molecule has 0 aliphatic rings. The van der Waals surface area contributed by atoms with E-state index in [2.05, 4.69) is 4.99 Å². The van der Waals surface area contributed by atoms with Gasteiger partial charge in [0, 0.05) is 0 Å². The third-order valence-electron chi connectivity index (χ3n) is 0.880. The van der Waals surface area contributed by atoms with E-state index in [4.69, 9.17) is 10.5 Å². The van der Waals surface area contributed by atoms with Gasteiger partial charge in [-0.2, -0.15) is 0 Å². The number of ether oxygens (including phenoxy) is 1. The van der Waals surface area contributed by atoms with Gasteiger partial charge in [-0.1, -0.05) is 0 Å². The van der Waals surface area contributed by atoms with Gasteiger partial charge in [-0.15, -0.1) is 0 Å². The van der Waals surface area contributed by atoms with E-state index in [1.54, 1.807) is 0 Å². The maximum Gasteiger partial charge on any atom is 0.183 e. The Labute approximate surface area is 61.7 Å². The van der Waals surface area contributed by atoms with Gasteiger partial charge in [-0.25, -0.2) is 0 Å². The first-order valence-electron chi connectivity index (χ1n) is 2.92. The van der Waals surface area contributed by atoms with Crippen LogP contribution in [0.5, 0.6) is 0 Å². The minimum atomic E-state index is -0.0127. The van der Waals surface area contributed by atoms with Crippen LogP contribution in [0.1, 0.15) is 6.92 Å². The van der Waals surface area contributed by atoms with Crippen molar-refractivity contribution >= 4 is 14.8 Å². The van der Waals surface area contributed by atoms with Crippen molar-refractivity contribution in [3.8, 4) is 0 Å². The Morgan fingerprint density at radius 2 is 2.60 bits per heavy atom. The van der Waals surface area contributed by atoms with Crippen molar-refractivity contribution < 1.29 is 9.30 Å². The van der Waals surface area contributed by atoms with E-state index in [1.807, 2.05) is 6.92 Å². The smallest absolute Gasteiger partial charge is 0.183 e. The average Bonchev–Trinajstić information content (AvgIpc) is 1.97. The zero-order valence-electron chi connectivity index (χ0n) is 5.86. The largest absolute Gasteiger partial charge is 0.390 e. The zero-order chi connectivity index (χ0) is 7.82. The highest BCUT2D eigenvalue weighted by atomic mass is 31.1. The molecule has 5 heteroatoms. The molecule has 0 radical (unpaired) electrons. The third-order valence-corrected chi connectivity index (χ3v) is 1.13. The fourth-order valence-corrected chi connectivity index (χ4v) is 0.735. The standard InChI is InChI=1S/C5H11N2O2P/c1-5(2-7-3-6)9-4-10-8/h3,5H,2,4H2,1H3,(H2,6,7)/t5-/m1/s1. The molecule has 0 saturated heterocycles. The van der Waals surface area contributed by atoms with E-state index in [0.29, 0.717) is 6.54 Å². The van der Waals surface area contributed by atoms with E-state index in [0.717, 1.165) is 0 Å². The first-order valence-corrected chi connectivity index (χ1v) is 3.91. The molecular formula is C5H11N2O2P. The number of hydrogen-bond donors (Lipinski definition) is 1. The maximum atomic E-state index is 9.89. The molecule has 0 unspecified atom stereocenters. The Morgan fingerprint density at radius 3 is 3.10 bits per heavy atom. The molecule has 0 heterocycles. The highest BCUT2D eigenvalue weighted by Gasteiger charge is 1.97. The van der Waals surface area contributed by atoms with Crippen molar-refractivity contribution in [3.05, 3.63) is 0 Å². The fourth-order valence-electron chi connectivity index (χ4n) is 0.420. The molecule has 0 fully saturated rings. The number of aliphatic imine (C=N–C) groups is 1. The molecule has 0 aliphatic carbocycles. The highest BCUT2D eigenvalue weighted by Crippen LogP contribution is 1.97. The molecule has 0 saturated carbocycles. The second-order valence-electron chi connectivity index (χ2n) is 1.75.